The monoisotopic (exact) mass is 270 g/mol. The van der Waals surface area contributed by atoms with Crippen molar-refractivity contribution in [3.05, 3.63) is 48.0 Å². The first kappa shape index (κ1) is 12.9. The minimum Gasteiger partial charge on any atom is -0.464 e. The second-order valence-electron chi connectivity index (χ2n) is 4.89. The number of rotatable bonds is 5. The highest BCUT2D eigenvalue weighted by Crippen LogP contribution is 2.28. The second kappa shape index (κ2) is 5.46. The SMILES string of the molecule is CCNC(Cc1cn(C)nn1)c1coc2ccccc12. The molecule has 0 saturated carbocycles. The van der Waals surface area contributed by atoms with Crippen LogP contribution < -0.4 is 5.32 Å². The van der Waals surface area contributed by atoms with Gasteiger partial charge in [-0.2, -0.15) is 0 Å². The molecule has 2 aromatic heterocycles. The third kappa shape index (κ3) is 2.44. The normalized spacial score (nSPS) is 12.9. The van der Waals surface area contributed by atoms with Crippen molar-refractivity contribution < 1.29 is 4.42 Å². The summed E-state index contributed by atoms with van der Waals surface area (Å²) in [6.45, 7) is 3.00. The molecule has 0 aliphatic rings. The summed E-state index contributed by atoms with van der Waals surface area (Å²) in [6.07, 6.45) is 4.59. The zero-order chi connectivity index (χ0) is 13.9. The minimum absolute atomic E-state index is 0.181. The quantitative estimate of drug-likeness (QED) is 0.773. The van der Waals surface area contributed by atoms with E-state index >= 15 is 0 Å². The Bertz CT molecular complexity index is 701. The maximum atomic E-state index is 5.64. The van der Waals surface area contributed by atoms with Crippen LogP contribution in [-0.2, 0) is 13.5 Å². The number of furan rings is 1. The van der Waals surface area contributed by atoms with Crippen LogP contribution in [-0.4, -0.2) is 21.5 Å². The summed E-state index contributed by atoms with van der Waals surface area (Å²) in [5.74, 6) is 0. The van der Waals surface area contributed by atoms with E-state index in [2.05, 4.69) is 28.6 Å². The van der Waals surface area contributed by atoms with Gasteiger partial charge in [-0.25, -0.2) is 0 Å². The van der Waals surface area contributed by atoms with Crippen LogP contribution in [0.1, 0.15) is 24.2 Å². The van der Waals surface area contributed by atoms with Crippen LogP contribution in [0.5, 0.6) is 0 Å². The summed E-state index contributed by atoms with van der Waals surface area (Å²) in [6, 6.07) is 8.28. The van der Waals surface area contributed by atoms with E-state index in [1.165, 1.54) is 5.56 Å². The lowest BCUT2D eigenvalue weighted by Gasteiger charge is -2.15. The molecule has 20 heavy (non-hydrogen) atoms. The molecule has 104 valence electrons. The number of aromatic nitrogens is 3. The van der Waals surface area contributed by atoms with Gasteiger partial charge >= 0.3 is 0 Å². The molecular weight excluding hydrogens is 252 g/mol. The third-order valence-electron chi connectivity index (χ3n) is 3.40. The van der Waals surface area contributed by atoms with E-state index in [0.717, 1.165) is 29.6 Å². The molecule has 0 saturated heterocycles. The van der Waals surface area contributed by atoms with Crippen molar-refractivity contribution in [3.8, 4) is 0 Å². The van der Waals surface area contributed by atoms with Gasteiger partial charge in [-0.3, -0.25) is 4.68 Å². The van der Waals surface area contributed by atoms with Gasteiger partial charge in [-0.15, -0.1) is 5.10 Å². The zero-order valence-electron chi connectivity index (χ0n) is 11.7. The van der Waals surface area contributed by atoms with E-state index in [4.69, 9.17) is 4.42 Å². The molecule has 5 nitrogen and oxygen atoms in total. The highest BCUT2D eigenvalue weighted by atomic mass is 16.3. The standard InChI is InChI=1S/C15H18N4O/c1-3-16-14(8-11-9-19(2)18-17-11)13-10-20-15-7-5-4-6-12(13)15/h4-7,9-10,14,16H,3,8H2,1-2H3. The number of benzene rings is 1. The highest BCUT2D eigenvalue weighted by molar-refractivity contribution is 5.81. The van der Waals surface area contributed by atoms with Crippen molar-refractivity contribution >= 4 is 11.0 Å². The smallest absolute Gasteiger partial charge is 0.134 e. The molecule has 5 heteroatoms. The number of aryl methyl sites for hydroxylation is 1. The topological polar surface area (TPSA) is 55.9 Å². The Hall–Kier alpha value is -2.14. The molecule has 1 unspecified atom stereocenters. The number of hydrogen-bond acceptors (Lipinski definition) is 4. The van der Waals surface area contributed by atoms with E-state index in [0.29, 0.717) is 0 Å². The predicted molar refractivity (Wildman–Crippen MR) is 77.3 cm³/mol. The second-order valence-corrected chi connectivity index (χ2v) is 4.89. The number of para-hydroxylation sites is 1. The van der Waals surface area contributed by atoms with Crippen LogP contribution in [0.4, 0.5) is 0 Å². The summed E-state index contributed by atoms with van der Waals surface area (Å²) < 4.78 is 7.37. The number of nitrogens with zero attached hydrogens (tertiary/aromatic N) is 3. The van der Waals surface area contributed by atoms with Gasteiger partial charge in [0.05, 0.1) is 12.0 Å². The molecule has 1 aromatic carbocycles. The lowest BCUT2D eigenvalue weighted by molar-refractivity contribution is 0.530. The first-order valence-corrected chi connectivity index (χ1v) is 6.82. The number of likely N-dealkylation sites (N-methyl/N-ethyl adjacent to an activating group) is 1. The third-order valence-corrected chi connectivity index (χ3v) is 3.40. The molecule has 3 rings (SSSR count). The molecule has 1 N–H and O–H groups in total. The lowest BCUT2D eigenvalue weighted by Crippen LogP contribution is -2.22. The van der Waals surface area contributed by atoms with Crippen LogP contribution >= 0.6 is 0 Å². The Morgan fingerprint density at radius 2 is 2.20 bits per heavy atom. The Balaban J connectivity index is 1.93. The van der Waals surface area contributed by atoms with Crippen molar-refractivity contribution in [1.29, 1.82) is 0 Å². The fourth-order valence-electron chi connectivity index (χ4n) is 2.50. The van der Waals surface area contributed by atoms with E-state index in [1.54, 1.807) is 4.68 Å². The molecular formula is C15H18N4O. The van der Waals surface area contributed by atoms with Crippen molar-refractivity contribution in [2.45, 2.75) is 19.4 Å². The maximum Gasteiger partial charge on any atom is 0.134 e. The number of nitrogens with one attached hydrogen (secondary N) is 1. The van der Waals surface area contributed by atoms with Gasteiger partial charge in [0.25, 0.3) is 0 Å². The largest absolute Gasteiger partial charge is 0.464 e. The Labute approximate surface area is 117 Å². The van der Waals surface area contributed by atoms with Crippen LogP contribution in [0, 0.1) is 0 Å². The molecule has 0 radical (unpaired) electrons. The first-order chi connectivity index (χ1) is 9.78. The first-order valence-electron chi connectivity index (χ1n) is 6.82. The lowest BCUT2D eigenvalue weighted by atomic mass is 10.0. The van der Waals surface area contributed by atoms with Gasteiger partial charge < -0.3 is 9.73 Å². The van der Waals surface area contributed by atoms with Crippen LogP contribution in [0.25, 0.3) is 11.0 Å². The van der Waals surface area contributed by atoms with Gasteiger partial charge in [0.15, 0.2) is 0 Å². The van der Waals surface area contributed by atoms with E-state index < -0.39 is 0 Å². The summed E-state index contributed by atoms with van der Waals surface area (Å²) in [7, 11) is 1.88. The van der Waals surface area contributed by atoms with Crippen LogP contribution in [0.15, 0.2) is 41.1 Å². The molecule has 0 spiro atoms. The Morgan fingerprint density at radius 1 is 1.35 bits per heavy atom. The summed E-state index contributed by atoms with van der Waals surface area (Å²) in [4.78, 5) is 0. The Kier molecular flexibility index (Phi) is 3.52. The van der Waals surface area contributed by atoms with E-state index in [-0.39, 0.29) is 6.04 Å². The van der Waals surface area contributed by atoms with Crippen molar-refractivity contribution in [1.82, 2.24) is 20.3 Å². The van der Waals surface area contributed by atoms with Crippen molar-refractivity contribution in [3.63, 3.8) is 0 Å². The fourth-order valence-corrected chi connectivity index (χ4v) is 2.50. The number of hydrogen-bond donors (Lipinski definition) is 1. The summed E-state index contributed by atoms with van der Waals surface area (Å²) >= 11 is 0. The van der Waals surface area contributed by atoms with Gasteiger partial charge in [-0.1, -0.05) is 30.3 Å². The van der Waals surface area contributed by atoms with Crippen molar-refractivity contribution in [2.24, 2.45) is 7.05 Å². The summed E-state index contributed by atoms with van der Waals surface area (Å²) in [5, 5.41) is 12.8. The van der Waals surface area contributed by atoms with Crippen LogP contribution in [0.3, 0.4) is 0 Å². The van der Waals surface area contributed by atoms with Gasteiger partial charge in [-0.05, 0) is 12.6 Å². The zero-order valence-corrected chi connectivity index (χ0v) is 11.7. The van der Waals surface area contributed by atoms with Gasteiger partial charge in [0, 0.05) is 36.7 Å². The molecule has 0 aliphatic heterocycles. The van der Waals surface area contributed by atoms with Crippen LogP contribution in [0.2, 0.25) is 0 Å². The molecule has 2 heterocycles. The van der Waals surface area contributed by atoms with Crippen molar-refractivity contribution in [2.75, 3.05) is 6.54 Å². The average Bonchev–Trinajstić information content (AvgIpc) is 3.04. The summed E-state index contributed by atoms with van der Waals surface area (Å²) in [5.41, 5.74) is 3.07. The Morgan fingerprint density at radius 3 is 2.95 bits per heavy atom. The molecule has 0 bridgehead atoms. The molecule has 0 fully saturated rings. The number of fused-ring (bicyclic) bond motifs is 1. The maximum absolute atomic E-state index is 5.64. The van der Waals surface area contributed by atoms with E-state index in [9.17, 15) is 0 Å². The van der Waals surface area contributed by atoms with Gasteiger partial charge in [0.2, 0.25) is 0 Å². The predicted octanol–water partition coefficient (Wildman–Crippen LogP) is 2.45. The van der Waals surface area contributed by atoms with Gasteiger partial charge in [0.1, 0.15) is 5.58 Å². The average molecular weight is 270 g/mol. The highest BCUT2D eigenvalue weighted by Gasteiger charge is 2.18. The molecule has 0 amide bonds. The molecule has 1 atom stereocenters. The molecule has 0 aliphatic carbocycles. The molecule has 3 aromatic rings. The van der Waals surface area contributed by atoms with E-state index in [1.807, 2.05) is 37.7 Å². The fraction of sp³-hybridized carbons (Fsp3) is 0.333. The minimum atomic E-state index is 0.181.